The summed E-state index contributed by atoms with van der Waals surface area (Å²) in [6.07, 6.45) is 0.859. The second kappa shape index (κ2) is 4.79. The van der Waals surface area contributed by atoms with Crippen molar-refractivity contribution in [1.82, 2.24) is 0 Å². The number of rotatable bonds is 4. The first-order valence-electron chi connectivity index (χ1n) is 4.63. The van der Waals surface area contributed by atoms with Gasteiger partial charge in [-0.05, 0) is 12.1 Å². The van der Waals surface area contributed by atoms with Gasteiger partial charge in [-0.3, -0.25) is 0 Å². The number of hydrogen-bond donors (Lipinski definition) is 0. The molecule has 20 heavy (non-hydrogen) atoms. The molecule has 0 amide bonds. The van der Waals surface area contributed by atoms with Gasteiger partial charge in [0.2, 0.25) is 0 Å². The molecule has 0 bridgehead atoms. The van der Waals surface area contributed by atoms with Crippen LogP contribution in [0.3, 0.4) is 0 Å². The summed E-state index contributed by atoms with van der Waals surface area (Å²) < 4.78 is 91.1. The largest absolute Gasteiger partial charge is 0.282 e. The monoisotopic (exact) mass is 361 g/mol. The highest BCUT2D eigenvalue weighted by molar-refractivity contribution is 8.67. The normalized spacial score (nSPS) is 14.1. The van der Waals surface area contributed by atoms with E-state index >= 15 is 0 Å². The van der Waals surface area contributed by atoms with Crippen LogP contribution in [0.1, 0.15) is 0 Å². The Kier molecular flexibility index (Phi) is 4.09. The highest BCUT2D eigenvalue weighted by atomic mass is 33.2. The average molecular weight is 361 g/mol. The topological polar surface area (TPSA) is 137 Å². The van der Waals surface area contributed by atoms with Crippen LogP contribution in [-0.2, 0) is 35.5 Å². The van der Waals surface area contributed by atoms with Crippen molar-refractivity contribution in [2.75, 3.05) is 12.5 Å². The van der Waals surface area contributed by atoms with Crippen molar-refractivity contribution in [1.29, 1.82) is 0 Å². The lowest BCUT2D eigenvalue weighted by Gasteiger charge is -2.05. The SMILES string of the molecule is CS(=O)(=O)S(=O)(=O)c1[c]ccc(S(=O)(=O)S(C)(=O)=O)c1. The molecular weight excluding hydrogens is 352 g/mol. The van der Waals surface area contributed by atoms with E-state index in [-0.39, 0.29) is 0 Å². The maximum atomic E-state index is 11.6. The van der Waals surface area contributed by atoms with Crippen molar-refractivity contribution < 1.29 is 33.7 Å². The highest BCUT2D eigenvalue weighted by Gasteiger charge is 2.31. The fraction of sp³-hybridized carbons (Fsp3) is 0.250. The van der Waals surface area contributed by atoms with E-state index < -0.39 is 45.3 Å². The van der Waals surface area contributed by atoms with Crippen LogP contribution in [0.25, 0.3) is 0 Å². The minimum atomic E-state index is -4.85. The van der Waals surface area contributed by atoms with E-state index in [9.17, 15) is 33.7 Å². The van der Waals surface area contributed by atoms with Crippen LogP contribution in [0.2, 0.25) is 0 Å². The van der Waals surface area contributed by atoms with Crippen LogP contribution in [-0.4, -0.2) is 46.2 Å². The molecule has 0 unspecified atom stereocenters. The lowest BCUT2D eigenvalue weighted by molar-refractivity contribution is 0.583. The van der Waals surface area contributed by atoms with Gasteiger partial charge >= 0.3 is 0 Å². The Morgan fingerprint density at radius 2 is 1.25 bits per heavy atom. The first-order chi connectivity index (χ1) is 8.71. The summed E-state index contributed by atoms with van der Waals surface area (Å²) in [4.78, 5) is -1.79. The molecule has 0 aliphatic heterocycles. The van der Waals surface area contributed by atoms with Crippen LogP contribution >= 0.6 is 0 Å². The Balaban J connectivity index is 3.70. The summed E-state index contributed by atoms with van der Waals surface area (Å²) in [5, 5.41) is 0. The molecule has 0 aliphatic carbocycles. The van der Waals surface area contributed by atoms with Crippen molar-refractivity contribution in [2.45, 2.75) is 9.79 Å². The summed E-state index contributed by atoms with van der Waals surface area (Å²) in [6.45, 7) is 0. The fourth-order valence-corrected chi connectivity index (χ4v) is 5.42. The Morgan fingerprint density at radius 1 is 0.800 bits per heavy atom. The third kappa shape index (κ3) is 2.87. The number of hydrogen-bond acceptors (Lipinski definition) is 8. The molecule has 113 valence electrons. The fourth-order valence-electron chi connectivity index (χ4n) is 1.06. The van der Waals surface area contributed by atoms with Crippen molar-refractivity contribution >= 4 is 35.5 Å². The second-order valence-electron chi connectivity index (χ2n) is 3.71. The zero-order chi connectivity index (χ0) is 16.0. The van der Waals surface area contributed by atoms with E-state index in [2.05, 4.69) is 6.07 Å². The highest BCUT2D eigenvalue weighted by Crippen LogP contribution is 2.22. The molecule has 1 rings (SSSR count). The van der Waals surface area contributed by atoms with Crippen molar-refractivity contribution in [3.8, 4) is 0 Å². The van der Waals surface area contributed by atoms with Gasteiger partial charge in [0.1, 0.15) is 0 Å². The minimum Gasteiger partial charge on any atom is -0.213 e. The molecule has 0 saturated carbocycles. The van der Waals surface area contributed by atoms with E-state index in [1.54, 1.807) is 0 Å². The number of benzene rings is 1. The quantitative estimate of drug-likeness (QED) is 0.620. The van der Waals surface area contributed by atoms with Gasteiger partial charge in [-0.25, -0.2) is 33.7 Å². The second-order valence-corrected chi connectivity index (χ2v) is 15.5. The van der Waals surface area contributed by atoms with E-state index in [4.69, 9.17) is 0 Å². The predicted octanol–water partition coefficient (Wildman–Crippen LogP) is -1.05. The molecule has 0 fully saturated rings. The summed E-state index contributed by atoms with van der Waals surface area (Å²) in [7, 11) is -18.8. The molecule has 8 nitrogen and oxygen atoms in total. The molecule has 1 radical (unpaired) electrons. The van der Waals surface area contributed by atoms with Crippen LogP contribution in [0.5, 0.6) is 0 Å². The van der Waals surface area contributed by atoms with Crippen molar-refractivity contribution in [2.24, 2.45) is 0 Å². The molecule has 0 N–H and O–H groups in total. The smallest absolute Gasteiger partial charge is 0.213 e. The Bertz CT molecular complexity index is 872. The van der Waals surface area contributed by atoms with Gasteiger partial charge in [-0.1, -0.05) is 6.07 Å². The molecule has 0 atom stereocenters. The van der Waals surface area contributed by atoms with Gasteiger partial charge in [0.25, 0.3) is 35.5 Å². The van der Waals surface area contributed by atoms with Crippen molar-refractivity contribution in [3.63, 3.8) is 0 Å². The van der Waals surface area contributed by atoms with Crippen LogP contribution in [0.15, 0.2) is 28.0 Å². The van der Waals surface area contributed by atoms with E-state index in [1.807, 2.05) is 0 Å². The summed E-state index contributed by atoms with van der Waals surface area (Å²) in [5.41, 5.74) is 0. The Hall–Kier alpha value is -0.980. The Labute approximate surface area is 115 Å². The minimum absolute atomic E-state index is 0.425. The van der Waals surface area contributed by atoms with Crippen molar-refractivity contribution in [3.05, 3.63) is 24.3 Å². The van der Waals surface area contributed by atoms with Gasteiger partial charge < -0.3 is 0 Å². The average Bonchev–Trinajstić information content (AvgIpc) is 2.26. The molecule has 0 aromatic heterocycles. The molecule has 1 aromatic rings. The van der Waals surface area contributed by atoms with Crippen LogP contribution in [0.4, 0.5) is 0 Å². The molecule has 0 heterocycles. The zero-order valence-corrected chi connectivity index (χ0v) is 13.4. The van der Waals surface area contributed by atoms with Crippen LogP contribution in [0, 0.1) is 6.07 Å². The summed E-state index contributed by atoms with van der Waals surface area (Å²) in [6, 6.07) is 4.11. The predicted molar refractivity (Wildman–Crippen MR) is 69.3 cm³/mol. The van der Waals surface area contributed by atoms with E-state index in [1.165, 1.54) is 0 Å². The lowest BCUT2D eigenvalue weighted by atomic mass is 10.4. The van der Waals surface area contributed by atoms with E-state index in [0.717, 1.165) is 12.1 Å². The molecule has 0 saturated heterocycles. The first-order valence-corrected chi connectivity index (χ1v) is 12.4. The summed E-state index contributed by atoms with van der Waals surface area (Å²) in [5.74, 6) is 0. The van der Waals surface area contributed by atoms with Gasteiger partial charge in [-0.2, -0.15) is 0 Å². The molecule has 12 heteroatoms. The standard InChI is InChI=1S/C8H9O8S4/c1-17(9,10)19(13,14)7-4-3-5-8(6-7)20(15,16)18(2,11)12/h3-4,6H,1-2H3. The maximum absolute atomic E-state index is 11.6. The molecule has 0 aliphatic rings. The zero-order valence-electron chi connectivity index (χ0n) is 10.1. The molecular formula is C8H9O8S4. The van der Waals surface area contributed by atoms with Gasteiger partial charge in [0.15, 0.2) is 0 Å². The maximum Gasteiger partial charge on any atom is 0.282 e. The molecule has 0 spiro atoms. The van der Waals surface area contributed by atoms with Gasteiger partial charge in [0, 0.05) is 6.07 Å². The Morgan fingerprint density at radius 3 is 1.65 bits per heavy atom. The molecule has 1 aromatic carbocycles. The van der Waals surface area contributed by atoms with Gasteiger partial charge in [0.05, 0.1) is 22.3 Å². The lowest BCUT2D eigenvalue weighted by Crippen LogP contribution is -2.17. The van der Waals surface area contributed by atoms with E-state index in [0.29, 0.717) is 18.6 Å². The third-order valence-electron chi connectivity index (χ3n) is 2.10. The summed E-state index contributed by atoms with van der Waals surface area (Å²) >= 11 is 0. The van der Waals surface area contributed by atoms with Gasteiger partial charge in [-0.15, -0.1) is 0 Å². The van der Waals surface area contributed by atoms with Crippen LogP contribution < -0.4 is 0 Å². The third-order valence-corrected chi connectivity index (χ3v) is 11.2. The first kappa shape index (κ1) is 17.1.